The largest absolute Gasteiger partial charge is 0.496 e. The molecular formula is C18H30O2. The van der Waals surface area contributed by atoms with Crippen LogP contribution in [0.1, 0.15) is 69.9 Å². The highest BCUT2D eigenvalue weighted by Crippen LogP contribution is 2.34. The minimum absolute atomic E-state index is 0.796. The lowest BCUT2D eigenvalue weighted by molar-refractivity contribution is -0.0979. The monoisotopic (exact) mass is 278 g/mol. The molecule has 0 radical (unpaired) electrons. The first kappa shape index (κ1) is 18.7. The Morgan fingerprint density at radius 2 is 1.75 bits per heavy atom. The van der Waals surface area contributed by atoms with E-state index in [0.717, 1.165) is 18.1 Å². The van der Waals surface area contributed by atoms with Gasteiger partial charge in [0.15, 0.2) is 0 Å². The summed E-state index contributed by atoms with van der Waals surface area (Å²) in [7, 11) is 1.76. The highest BCUT2D eigenvalue weighted by atomic mass is 16.5. The molecule has 1 aromatic rings. The maximum Gasteiger partial charge on any atom is 0.122 e. The zero-order chi connectivity index (χ0) is 15.4. The van der Waals surface area contributed by atoms with Crippen molar-refractivity contribution in [1.82, 2.24) is 0 Å². The lowest BCUT2D eigenvalue weighted by Gasteiger charge is -2.23. The second-order valence-corrected chi connectivity index (χ2v) is 4.76. The third-order valence-corrected chi connectivity index (χ3v) is 3.76. The van der Waals surface area contributed by atoms with Gasteiger partial charge in [-0.1, -0.05) is 52.2 Å². The number of aryl methyl sites for hydroxylation is 1. The van der Waals surface area contributed by atoms with E-state index in [1.165, 1.54) is 43.2 Å². The molecule has 0 aromatic heterocycles. The van der Waals surface area contributed by atoms with Crippen molar-refractivity contribution in [3.63, 3.8) is 0 Å². The molecule has 1 aliphatic carbocycles. The molecule has 1 fully saturated rings. The van der Waals surface area contributed by atoms with Crippen LogP contribution in [0.5, 0.6) is 5.75 Å². The summed E-state index contributed by atoms with van der Waals surface area (Å²) in [6, 6.07) is 6.76. The predicted molar refractivity (Wildman–Crippen MR) is 86.7 cm³/mol. The van der Waals surface area contributed by atoms with E-state index in [0.29, 0.717) is 0 Å². The van der Waals surface area contributed by atoms with E-state index in [1.54, 1.807) is 7.11 Å². The van der Waals surface area contributed by atoms with Gasteiger partial charge in [0, 0.05) is 0 Å². The number of methoxy groups -OCH3 is 1. The Morgan fingerprint density at radius 3 is 2.25 bits per heavy atom. The average molecular weight is 278 g/mol. The Bertz CT molecular complexity index is 354. The second kappa shape index (κ2) is 11.5. The number of hydrogen-bond donors (Lipinski definition) is 0. The number of rotatable bonds is 3. The zero-order valence-electron chi connectivity index (χ0n) is 13.6. The molecule has 2 rings (SSSR count). The van der Waals surface area contributed by atoms with E-state index in [2.05, 4.69) is 25.1 Å². The smallest absolute Gasteiger partial charge is 0.122 e. The predicted octanol–water partition coefficient (Wildman–Crippen LogP) is 5.15. The van der Waals surface area contributed by atoms with Crippen LogP contribution in [0.15, 0.2) is 18.2 Å². The van der Waals surface area contributed by atoms with Gasteiger partial charge in [0.1, 0.15) is 12.5 Å². The minimum atomic E-state index is 0.796. The van der Waals surface area contributed by atoms with Crippen LogP contribution in [0.4, 0.5) is 0 Å². The van der Waals surface area contributed by atoms with Crippen LogP contribution < -0.4 is 4.74 Å². The molecule has 0 spiro atoms. The van der Waals surface area contributed by atoms with Crippen molar-refractivity contribution in [1.29, 1.82) is 0 Å². The summed E-state index contributed by atoms with van der Waals surface area (Å²) in [5.41, 5.74) is 2.88. The van der Waals surface area contributed by atoms with Gasteiger partial charge in [-0.05, 0) is 42.4 Å². The highest BCUT2D eigenvalue weighted by Gasteiger charge is 2.16. The Hall–Kier alpha value is -1.31. The van der Waals surface area contributed by atoms with E-state index in [1.807, 2.05) is 20.6 Å². The maximum atomic E-state index is 8.00. The first-order valence-electron chi connectivity index (χ1n) is 7.80. The standard InChI is InChI=1S/C15H22O.C2H6.CH2O/c1-3-12-11-14(9-10-15(12)16-2)13-7-5-4-6-8-13;2*1-2/h9-11,13H,3-8H2,1-2H3;1-2H3;1H2. The molecule has 0 aliphatic heterocycles. The maximum absolute atomic E-state index is 8.00. The molecule has 1 saturated carbocycles. The molecule has 0 saturated heterocycles. The Morgan fingerprint density at radius 1 is 1.15 bits per heavy atom. The minimum Gasteiger partial charge on any atom is -0.496 e. The van der Waals surface area contributed by atoms with Gasteiger partial charge < -0.3 is 9.53 Å². The van der Waals surface area contributed by atoms with Gasteiger partial charge in [-0.15, -0.1) is 0 Å². The fourth-order valence-electron chi connectivity index (χ4n) is 2.76. The Labute approximate surface area is 124 Å². The van der Waals surface area contributed by atoms with E-state index < -0.39 is 0 Å². The van der Waals surface area contributed by atoms with Crippen LogP contribution >= 0.6 is 0 Å². The number of ether oxygens (including phenoxy) is 1. The normalized spacial score (nSPS) is 14.4. The molecule has 2 nitrogen and oxygen atoms in total. The van der Waals surface area contributed by atoms with Crippen molar-refractivity contribution in [3.8, 4) is 5.75 Å². The summed E-state index contributed by atoms with van der Waals surface area (Å²) >= 11 is 0. The molecule has 0 unspecified atom stereocenters. The van der Waals surface area contributed by atoms with Gasteiger partial charge >= 0.3 is 0 Å². The SMILES string of the molecule is C=O.CC.CCc1cc(C2CCCCC2)ccc1OC. The molecule has 2 heteroatoms. The van der Waals surface area contributed by atoms with Crippen molar-refractivity contribution >= 4 is 6.79 Å². The van der Waals surface area contributed by atoms with Crippen LogP contribution in [-0.2, 0) is 11.2 Å². The van der Waals surface area contributed by atoms with Gasteiger partial charge in [-0.2, -0.15) is 0 Å². The topological polar surface area (TPSA) is 26.3 Å². The molecule has 0 bridgehead atoms. The zero-order valence-corrected chi connectivity index (χ0v) is 13.6. The van der Waals surface area contributed by atoms with Crippen LogP contribution in [-0.4, -0.2) is 13.9 Å². The first-order chi connectivity index (χ1) is 9.85. The lowest BCUT2D eigenvalue weighted by Crippen LogP contribution is -2.05. The lowest BCUT2D eigenvalue weighted by atomic mass is 9.83. The first-order valence-corrected chi connectivity index (χ1v) is 7.80. The molecule has 0 atom stereocenters. The van der Waals surface area contributed by atoms with Crippen molar-refractivity contribution < 1.29 is 9.53 Å². The second-order valence-electron chi connectivity index (χ2n) is 4.76. The fourth-order valence-corrected chi connectivity index (χ4v) is 2.76. The van der Waals surface area contributed by atoms with E-state index in [-0.39, 0.29) is 0 Å². The van der Waals surface area contributed by atoms with Crippen LogP contribution in [0.2, 0.25) is 0 Å². The molecule has 114 valence electrons. The molecule has 0 amide bonds. The van der Waals surface area contributed by atoms with Crippen molar-refractivity contribution in [2.75, 3.05) is 7.11 Å². The number of carbonyl (C=O) groups excluding carboxylic acids is 1. The van der Waals surface area contributed by atoms with Gasteiger partial charge in [-0.3, -0.25) is 0 Å². The van der Waals surface area contributed by atoms with E-state index in [4.69, 9.17) is 9.53 Å². The molecule has 20 heavy (non-hydrogen) atoms. The van der Waals surface area contributed by atoms with Gasteiger partial charge in [-0.25, -0.2) is 0 Å². The summed E-state index contributed by atoms with van der Waals surface area (Å²) in [4.78, 5) is 8.00. The fraction of sp³-hybridized carbons (Fsp3) is 0.611. The van der Waals surface area contributed by atoms with Crippen LogP contribution in [0.25, 0.3) is 0 Å². The Balaban J connectivity index is 0.000000829. The molecule has 1 aliphatic rings. The number of hydrogen-bond acceptors (Lipinski definition) is 2. The van der Waals surface area contributed by atoms with Crippen LogP contribution in [0.3, 0.4) is 0 Å². The molecule has 0 heterocycles. The number of benzene rings is 1. The molecular weight excluding hydrogens is 248 g/mol. The average Bonchev–Trinajstić information content (AvgIpc) is 2.58. The van der Waals surface area contributed by atoms with Gasteiger partial charge in [0.2, 0.25) is 0 Å². The van der Waals surface area contributed by atoms with Crippen molar-refractivity contribution in [2.45, 2.75) is 65.2 Å². The molecule has 1 aromatic carbocycles. The van der Waals surface area contributed by atoms with E-state index >= 15 is 0 Å². The van der Waals surface area contributed by atoms with Gasteiger partial charge in [0.05, 0.1) is 7.11 Å². The summed E-state index contributed by atoms with van der Waals surface area (Å²) in [5.74, 6) is 1.84. The number of carbonyl (C=O) groups is 1. The summed E-state index contributed by atoms with van der Waals surface area (Å²) < 4.78 is 5.38. The third-order valence-electron chi connectivity index (χ3n) is 3.76. The summed E-state index contributed by atoms with van der Waals surface area (Å²) in [6.07, 6.45) is 8.03. The van der Waals surface area contributed by atoms with Crippen LogP contribution in [0, 0.1) is 0 Å². The van der Waals surface area contributed by atoms with Gasteiger partial charge in [0.25, 0.3) is 0 Å². The Kier molecular flexibility index (Phi) is 10.8. The van der Waals surface area contributed by atoms with E-state index in [9.17, 15) is 0 Å². The highest BCUT2D eigenvalue weighted by molar-refractivity contribution is 5.38. The third kappa shape index (κ3) is 5.36. The molecule has 0 N–H and O–H groups in total. The van der Waals surface area contributed by atoms with Crippen molar-refractivity contribution in [3.05, 3.63) is 29.3 Å². The summed E-state index contributed by atoms with van der Waals surface area (Å²) in [5, 5.41) is 0. The summed E-state index contributed by atoms with van der Waals surface area (Å²) in [6.45, 7) is 8.20. The van der Waals surface area contributed by atoms with Crippen molar-refractivity contribution in [2.24, 2.45) is 0 Å². The quantitative estimate of drug-likeness (QED) is 0.764.